The Balaban J connectivity index is 2.10. The van der Waals surface area contributed by atoms with Crippen molar-refractivity contribution in [3.8, 4) is 0 Å². The molecule has 16 heavy (non-hydrogen) atoms. The van der Waals surface area contributed by atoms with Gasteiger partial charge >= 0.3 is 0 Å². The van der Waals surface area contributed by atoms with Crippen LogP contribution in [-0.2, 0) is 0 Å². The minimum absolute atomic E-state index is 0.203. The molecule has 3 N–H and O–H groups in total. The highest BCUT2D eigenvalue weighted by Gasteiger charge is 2.09. The van der Waals surface area contributed by atoms with Gasteiger partial charge in [0.25, 0.3) is 0 Å². The van der Waals surface area contributed by atoms with Gasteiger partial charge in [-0.2, -0.15) is 11.3 Å². The highest BCUT2D eigenvalue weighted by atomic mass is 32.1. The molecule has 0 amide bonds. The molecule has 0 aliphatic heterocycles. The molecule has 0 aliphatic rings. The van der Waals surface area contributed by atoms with Gasteiger partial charge in [-0.3, -0.25) is 0 Å². The molecule has 0 spiro atoms. The number of hydrogen-bond acceptors (Lipinski definition) is 3. The molecule has 1 unspecified atom stereocenters. The Morgan fingerprint density at radius 2 is 2.00 bits per heavy atom. The van der Waals surface area contributed by atoms with Gasteiger partial charge in [-0.05, 0) is 41.4 Å². The molecular formula is C13H16N2S. The number of aryl methyl sites for hydroxylation is 1. The second kappa shape index (κ2) is 5.14. The lowest BCUT2D eigenvalue weighted by atomic mass is 10.1. The Labute approximate surface area is 100 Å². The Hall–Kier alpha value is -1.32. The van der Waals surface area contributed by atoms with Crippen molar-refractivity contribution in [2.45, 2.75) is 13.0 Å². The van der Waals surface area contributed by atoms with Gasteiger partial charge in [0.2, 0.25) is 0 Å². The topological polar surface area (TPSA) is 38.0 Å². The van der Waals surface area contributed by atoms with Crippen molar-refractivity contribution in [2.24, 2.45) is 5.73 Å². The van der Waals surface area contributed by atoms with Crippen molar-refractivity contribution < 1.29 is 0 Å². The Morgan fingerprint density at radius 3 is 2.56 bits per heavy atom. The van der Waals surface area contributed by atoms with Crippen LogP contribution in [0.4, 0.5) is 5.69 Å². The van der Waals surface area contributed by atoms with E-state index in [1.807, 2.05) is 0 Å². The predicted molar refractivity (Wildman–Crippen MR) is 70.9 cm³/mol. The molecule has 2 nitrogen and oxygen atoms in total. The van der Waals surface area contributed by atoms with Gasteiger partial charge in [-0.1, -0.05) is 17.7 Å². The number of nitrogens with two attached hydrogens (primary N) is 1. The normalized spacial score (nSPS) is 12.4. The van der Waals surface area contributed by atoms with Gasteiger partial charge in [-0.15, -0.1) is 0 Å². The summed E-state index contributed by atoms with van der Waals surface area (Å²) in [5.74, 6) is 0. The monoisotopic (exact) mass is 232 g/mol. The number of thiophene rings is 1. The summed E-state index contributed by atoms with van der Waals surface area (Å²) in [6.07, 6.45) is 0. The lowest BCUT2D eigenvalue weighted by Gasteiger charge is -2.17. The van der Waals surface area contributed by atoms with Crippen LogP contribution in [-0.4, -0.2) is 6.54 Å². The molecule has 2 rings (SSSR count). The van der Waals surface area contributed by atoms with E-state index in [0.29, 0.717) is 6.54 Å². The fraction of sp³-hybridized carbons (Fsp3) is 0.231. The Kier molecular flexibility index (Phi) is 3.59. The summed E-state index contributed by atoms with van der Waals surface area (Å²) < 4.78 is 0. The zero-order valence-corrected chi connectivity index (χ0v) is 10.1. The molecule has 0 fully saturated rings. The summed E-state index contributed by atoms with van der Waals surface area (Å²) in [6, 6.07) is 10.7. The second-order valence-electron chi connectivity index (χ2n) is 3.86. The van der Waals surface area contributed by atoms with Gasteiger partial charge in [-0.25, -0.2) is 0 Å². The van der Waals surface area contributed by atoms with E-state index in [4.69, 9.17) is 5.73 Å². The van der Waals surface area contributed by atoms with Crippen molar-refractivity contribution in [2.75, 3.05) is 11.9 Å². The zero-order chi connectivity index (χ0) is 11.4. The van der Waals surface area contributed by atoms with E-state index < -0.39 is 0 Å². The maximum absolute atomic E-state index is 5.78. The Bertz CT molecular complexity index is 420. The van der Waals surface area contributed by atoms with Gasteiger partial charge in [0.05, 0.1) is 6.04 Å². The quantitative estimate of drug-likeness (QED) is 0.849. The van der Waals surface area contributed by atoms with Crippen LogP contribution in [0.2, 0.25) is 0 Å². The first-order valence-corrected chi connectivity index (χ1v) is 6.29. The molecule has 1 aromatic carbocycles. The minimum atomic E-state index is 0.203. The second-order valence-corrected chi connectivity index (χ2v) is 4.64. The van der Waals surface area contributed by atoms with Crippen molar-refractivity contribution in [1.29, 1.82) is 0 Å². The molecule has 1 heterocycles. The highest BCUT2D eigenvalue weighted by molar-refractivity contribution is 7.08. The van der Waals surface area contributed by atoms with E-state index in [2.05, 4.69) is 53.3 Å². The molecule has 0 saturated heterocycles. The third-order valence-corrected chi connectivity index (χ3v) is 3.28. The molecule has 0 saturated carbocycles. The summed E-state index contributed by atoms with van der Waals surface area (Å²) in [5.41, 5.74) is 9.43. The molecule has 1 aromatic heterocycles. The molecule has 84 valence electrons. The average molecular weight is 232 g/mol. The van der Waals surface area contributed by atoms with E-state index in [9.17, 15) is 0 Å². The van der Waals surface area contributed by atoms with Gasteiger partial charge in [0.15, 0.2) is 0 Å². The van der Waals surface area contributed by atoms with Crippen LogP contribution in [0.1, 0.15) is 17.2 Å². The number of rotatable bonds is 4. The predicted octanol–water partition coefficient (Wildman–Crippen LogP) is 3.17. The van der Waals surface area contributed by atoms with Gasteiger partial charge in [0, 0.05) is 12.2 Å². The molecule has 1 atom stereocenters. The molecule has 0 radical (unpaired) electrons. The average Bonchev–Trinajstić information content (AvgIpc) is 2.82. The van der Waals surface area contributed by atoms with E-state index in [0.717, 1.165) is 5.69 Å². The van der Waals surface area contributed by atoms with E-state index in [-0.39, 0.29) is 6.04 Å². The van der Waals surface area contributed by atoms with Crippen LogP contribution in [0, 0.1) is 6.92 Å². The SMILES string of the molecule is Cc1ccc(NC(CN)c2ccsc2)cc1. The van der Waals surface area contributed by atoms with Crippen LogP contribution in [0.3, 0.4) is 0 Å². The maximum Gasteiger partial charge on any atom is 0.0644 e. The lowest BCUT2D eigenvalue weighted by Crippen LogP contribution is -2.19. The Morgan fingerprint density at radius 1 is 1.25 bits per heavy atom. The highest BCUT2D eigenvalue weighted by Crippen LogP contribution is 2.21. The first-order chi connectivity index (χ1) is 7.79. The van der Waals surface area contributed by atoms with E-state index in [1.54, 1.807) is 11.3 Å². The van der Waals surface area contributed by atoms with E-state index in [1.165, 1.54) is 11.1 Å². The van der Waals surface area contributed by atoms with Crippen molar-refractivity contribution in [3.63, 3.8) is 0 Å². The fourth-order valence-corrected chi connectivity index (χ4v) is 2.32. The number of nitrogens with one attached hydrogen (secondary N) is 1. The standard InChI is InChI=1S/C13H16N2S/c1-10-2-4-12(5-3-10)15-13(8-14)11-6-7-16-9-11/h2-7,9,13,15H,8,14H2,1H3. The summed E-state index contributed by atoms with van der Waals surface area (Å²) in [4.78, 5) is 0. The largest absolute Gasteiger partial charge is 0.377 e. The van der Waals surface area contributed by atoms with Crippen LogP contribution < -0.4 is 11.1 Å². The summed E-state index contributed by atoms with van der Waals surface area (Å²) in [7, 11) is 0. The molecule has 0 bridgehead atoms. The molecule has 2 aromatic rings. The summed E-state index contributed by atoms with van der Waals surface area (Å²) >= 11 is 1.70. The fourth-order valence-electron chi connectivity index (χ4n) is 1.60. The number of hydrogen-bond donors (Lipinski definition) is 2. The number of benzene rings is 1. The lowest BCUT2D eigenvalue weighted by molar-refractivity contribution is 0.793. The van der Waals surface area contributed by atoms with Gasteiger partial charge < -0.3 is 11.1 Å². The molecule has 3 heteroatoms. The third kappa shape index (κ3) is 2.62. The summed E-state index contributed by atoms with van der Waals surface area (Å²) in [6.45, 7) is 2.69. The van der Waals surface area contributed by atoms with Crippen LogP contribution in [0.5, 0.6) is 0 Å². The van der Waals surface area contributed by atoms with Crippen molar-refractivity contribution >= 4 is 17.0 Å². The van der Waals surface area contributed by atoms with E-state index >= 15 is 0 Å². The van der Waals surface area contributed by atoms with Crippen LogP contribution in [0.15, 0.2) is 41.1 Å². The summed E-state index contributed by atoms with van der Waals surface area (Å²) in [5, 5.41) is 7.66. The molecular weight excluding hydrogens is 216 g/mol. The van der Waals surface area contributed by atoms with Crippen LogP contribution in [0.25, 0.3) is 0 Å². The molecule has 0 aliphatic carbocycles. The van der Waals surface area contributed by atoms with Crippen molar-refractivity contribution in [1.82, 2.24) is 0 Å². The maximum atomic E-state index is 5.78. The first kappa shape index (κ1) is 11.2. The zero-order valence-electron chi connectivity index (χ0n) is 9.31. The van der Waals surface area contributed by atoms with Crippen LogP contribution >= 0.6 is 11.3 Å². The third-order valence-electron chi connectivity index (χ3n) is 2.57. The smallest absolute Gasteiger partial charge is 0.0644 e. The minimum Gasteiger partial charge on any atom is -0.377 e. The first-order valence-electron chi connectivity index (χ1n) is 5.35. The van der Waals surface area contributed by atoms with Gasteiger partial charge in [0.1, 0.15) is 0 Å². The number of anilines is 1. The van der Waals surface area contributed by atoms with Crippen molar-refractivity contribution in [3.05, 3.63) is 52.2 Å².